The van der Waals surface area contributed by atoms with Crippen LogP contribution in [0, 0.1) is 0 Å². The highest BCUT2D eigenvalue weighted by molar-refractivity contribution is 4.45. The zero-order chi connectivity index (χ0) is 26.0. The third-order valence-corrected chi connectivity index (χ3v) is 4.76. The molecule has 0 radical (unpaired) electrons. The van der Waals surface area contributed by atoms with Gasteiger partial charge in [-0.25, -0.2) is 0 Å². The highest BCUT2D eigenvalue weighted by Gasteiger charge is 1.96. The molecule has 0 N–H and O–H groups in total. The van der Waals surface area contributed by atoms with Gasteiger partial charge >= 0.3 is 0 Å². The molecule has 0 saturated carbocycles. The van der Waals surface area contributed by atoms with Crippen molar-refractivity contribution in [3.8, 4) is 0 Å². The molecule has 0 aliphatic heterocycles. The zero-order valence-electron chi connectivity index (χ0n) is 22.6. The van der Waals surface area contributed by atoms with Gasteiger partial charge in [0.2, 0.25) is 0 Å². The van der Waals surface area contributed by atoms with Crippen LogP contribution in [-0.4, -0.2) is 112 Å². The van der Waals surface area contributed by atoms with Crippen LogP contribution in [0.15, 0.2) is 5.11 Å². The summed E-state index contributed by atoms with van der Waals surface area (Å²) in [6.45, 7) is 12.4. The summed E-state index contributed by atoms with van der Waals surface area (Å²) in [7, 11) is 0. The van der Waals surface area contributed by atoms with E-state index in [4.69, 9.17) is 43.4 Å². The average Bonchev–Trinajstić information content (AvgIpc) is 2.89. The van der Waals surface area contributed by atoms with Crippen molar-refractivity contribution >= 4 is 0 Å². The fourth-order valence-electron chi connectivity index (χ4n) is 2.87. The Morgan fingerprint density at radius 1 is 0.417 bits per heavy atom. The molecular formula is C25H51N3O8. The average molecular weight is 522 g/mol. The van der Waals surface area contributed by atoms with E-state index in [1.807, 2.05) is 0 Å². The monoisotopic (exact) mass is 521 g/mol. The SMILES string of the molecule is CCCOCCCCCOCCCCCOCCOCCOCCOCCOCCOCCN=[N+]=[N-]. The van der Waals surface area contributed by atoms with E-state index in [1.165, 1.54) is 6.42 Å². The van der Waals surface area contributed by atoms with Gasteiger partial charge in [0.05, 0.1) is 72.7 Å². The molecule has 0 atom stereocenters. The van der Waals surface area contributed by atoms with Crippen molar-refractivity contribution in [2.45, 2.75) is 51.9 Å². The number of azide groups is 1. The van der Waals surface area contributed by atoms with Crippen LogP contribution in [-0.2, 0) is 37.9 Å². The summed E-state index contributed by atoms with van der Waals surface area (Å²) in [5.74, 6) is 0. The van der Waals surface area contributed by atoms with E-state index < -0.39 is 0 Å². The molecule has 0 saturated heterocycles. The van der Waals surface area contributed by atoms with Gasteiger partial charge in [-0.3, -0.25) is 0 Å². The second-order valence-electron chi connectivity index (χ2n) is 7.97. The van der Waals surface area contributed by atoms with E-state index in [2.05, 4.69) is 16.9 Å². The van der Waals surface area contributed by atoms with Crippen LogP contribution in [0.2, 0.25) is 0 Å². The highest BCUT2D eigenvalue weighted by atomic mass is 16.6. The molecule has 0 aromatic heterocycles. The Morgan fingerprint density at radius 3 is 1.08 bits per heavy atom. The van der Waals surface area contributed by atoms with Crippen molar-refractivity contribution < 1.29 is 37.9 Å². The molecule has 0 amide bonds. The minimum atomic E-state index is 0.340. The number of ether oxygens (including phenoxy) is 8. The van der Waals surface area contributed by atoms with Crippen LogP contribution < -0.4 is 0 Å². The maximum Gasteiger partial charge on any atom is 0.0701 e. The fraction of sp³-hybridized carbons (Fsp3) is 1.00. The van der Waals surface area contributed by atoms with Gasteiger partial charge in [-0.05, 0) is 50.5 Å². The topological polar surface area (TPSA) is 123 Å². The van der Waals surface area contributed by atoms with Gasteiger partial charge in [-0.15, -0.1) is 0 Å². The van der Waals surface area contributed by atoms with E-state index in [-0.39, 0.29) is 0 Å². The Kier molecular flexibility index (Phi) is 33.0. The summed E-state index contributed by atoms with van der Waals surface area (Å²) in [6, 6.07) is 0. The summed E-state index contributed by atoms with van der Waals surface area (Å²) >= 11 is 0. The molecule has 0 bridgehead atoms. The van der Waals surface area contributed by atoms with Crippen LogP contribution in [0.5, 0.6) is 0 Å². The van der Waals surface area contributed by atoms with Gasteiger partial charge < -0.3 is 37.9 Å². The van der Waals surface area contributed by atoms with Crippen LogP contribution >= 0.6 is 0 Å². The van der Waals surface area contributed by atoms with Crippen molar-refractivity contribution in [3.63, 3.8) is 0 Å². The molecule has 0 spiro atoms. The predicted octanol–water partition coefficient (Wildman–Crippen LogP) is 4.18. The lowest BCUT2D eigenvalue weighted by Gasteiger charge is -2.08. The van der Waals surface area contributed by atoms with Crippen LogP contribution in [0.1, 0.15) is 51.9 Å². The molecule has 0 unspecified atom stereocenters. The lowest BCUT2D eigenvalue weighted by Crippen LogP contribution is -2.14. The Labute approximate surface area is 218 Å². The van der Waals surface area contributed by atoms with Gasteiger partial charge in [0.25, 0.3) is 0 Å². The first-order valence-electron chi connectivity index (χ1n) is 13.5. The number of unbranched alkanes of at least 4 members (excludes halogenated alkanes) is 4. The van der Waals surface area contributed by atoms with E-state index in [0.717, 1.165) is 71.6 Å². The molecule has 11 heteroatoms. The second-order valence-corrected chi connectivity index (χ2v) is 7.97. The quantitative estimate of drug-likeness (QED) is 0.0559. The van der Waals surface area contributed by atoms with E-state index in [1.54, 1.807) is 0 Å². The smallest absolute Gasteiger partial charge is 0.0701 e. The highest BCUT2D eigenvalue weighted by Crippen LogP contribution is 2.00. The molecule has 0 aromatic carbocycles. The van der Waals surface area contributed by atoms with Gasteiger partial charge in [0.15, 0.2) is 0 Å². The molecule has 0 aromatic rings. The zero-order valence-corrected chi connectivity index (χ0v) is 22.6. The molecule has 0 rings (SSSR count). The molecule has 36 heavy (non-hydrogen) atoms. The van der Waals surface area contributed by atoms with Crippen LogP contribution in [0.3, 0.4) is 0 Å². The number of hydrogen-bond donors (Lipinski definition) is 0. The Balaban J connectivity index is 3.02. The van der Waals surface area contributed by atoms with Crippen LogP contribution in [0.4, 0.5) is 0 Å². The third kappa shape index (κ3) is 33.0. The maximum absolute atomic E-state index is 8.12. The lowest BCUT2D eigenvalue weighted by atomic mass is 10.2. The first kappa shape index (κ1) is 35.0. The molecular weight excluding hydrogens is 470 g/mol. The predicted molar refractivity (Wildman–Crippen MR) is 139 cm³/mol. The maximum atomic E-state index is 8.12. The minimum Gasteiger partial charge on any atom is -0.381 e. The van der Waals surface area contributed by atoms with Gasteiger partial charge in [0.1, 0.15) is 0 Å². The van der Waals surface area contributed by atoms with Crippen molar-refractivity contribution in [1.82, 2.24) is 0 Å². The van der Waals surface area contributed by atoms with Gasteiger partial charge in [-0.1, -0.05) is 12.0 Å². The number of nitrogens with zero attached hydrogens (tertiary/aromatic N) is 3. The van der Waals surface area contributed by atoms with Gasteiger partial charge in [0, 0.05) is 44.5 Å². The second kappa shape index (κ2) is 34.0. The molecule has 214 valence electrons. The van der Waals surface area contributed by atoms with Crippen molar-refractivity contribution in [3.05, 3.63) is 10.4 Å². The number of rotatable bonds is 32. The van der Waals surface area contributed by atoms with Gasteiger partial charge in [-0.2, -0.15) is 0 Å². The van der Waals surface area contributed by atoms with Crippen molar-refractivity contribution in [2.24, 2.45) is 5.11 Å². The Hall–Kier alpha value is -1.01. The summed E-state index contributed by atoms with van der Waals surface area (Å²) < 4.78 is 43.7. The largest absolute Gasteiger partial charge is 0.381 e. The summed E-state index contributed by atoms with van der Waals surface area (Å²) in [4.78, 5) is 2.64. The Bertz CT molecular complexity index is 457. The summed E-state index contributed by atoms with van der Waals surface area (Å²) in [5.41, 5.74) is 8.12. The van der Waals surface area contributed by atoms with E-state index >= 15 is 0 Å². The normalized spacial score (nSPS) is 11.1. The first-order chi connectivity index (χ1) is 17.9. The molecule has 0 heterocycles. The molecule has 0 aliphatic rings. The standard InChI is InChI=1S/C25H51N3O8/c1-2-10-29-11-5-3-6-12-30-13-7-4-8-14-31-16-18-33-20-22-35-24-25-36-23-21-34-19-17-32-15-9-27-28-26/h2-25H2,1H3. The number of hydrogen-bond acceptors (Lipinski definition) is 9. The Morgan fingerprint density at radius 2 is 0.722 bits per heavy atom. The van der Waals surface area contributed by atoms with Crippen molar-refractivity contribution in [2.75, 3.05) is 112 Å². The van der Waals surface area contributed by atoms with Crippen LogP contribution in [0.25, 0.3) is 10.4 Å². The fourth-order valence-corrected chi connectivity index (χ4v) is 2.87. The molecule has 0 fully saturated rings. The lowest BCUT2D eigenvalue weighted by molar-refractivity contribution is -0.0165. The van der Waals surface area contributed by atoms with E-state index in [9.17, 15) is 0 Å². The minimum absolute atomic E-state index is 0.340. The van der Waals surface area contributed by atoms with E-state index in [0.29, 0.717) is 79.2 Å². The third-order valence-electron chi connectivity index (χ3n) is 4.76. The first-order valence-corrected chi connectivity index (χ1v) is 13.5. The molecule has 11 nitrogen and oxygen atoms in total. The van der Waals surface area contributed by atoms with Crippen molar-refractivity contribution in [1.29, 1.82) is 0 Å². The summed E-state index contributed by atoms with van der Waals surface area (Å²) in [5, 5.41) is 3.37. The molecule has 0 aliphatic carbocycles. The summed E-state index contributed by atoms with van der Waals surface area (Å²) in [6.07, 6.45) is 7.79.